The number of carbonyl (C=O) groups is 1. The minimum absolute atomic E-state index is 0.0311. The predicted octanol–water partition coefficient (Wildman–Crippen LogP) is 4.27. The fourth-order valence-corrected chi connectivity index (χ4v) is 7.70. The Morgan fingerprint density at radius 3 is 2.71 bits per heavy atom. The van der Waals surface area contributed by atoms with Crippen LogP contribution in [0.25, 0.3) is 0 Å². The van der Waals surface area contributed by atoms with E-state index in [0.29, 0.717) is 17.9 Å². The van der Waals surface area contributed by atoms with E-state index in [1.807, 2.05) is 12.1 Å². The zero-order valence-electron chi connectivity index (χ0n) is 19.3. The van der Waals surface area contributed by atoms with Crippen molar-refractivity contribution in [2.24, 2.45) is 5.92 Å². The number of benzene rings is 2. The molecule has 7 rings (SSSR count). The zero-order valence-corrected chi connectivity index (χ0v) is 19.3. The minimum atomic E-state index is -0.912. The van der Waals surface area contributed by atoms with Crippen molar-refractivity contribution in [1.29, 1.82) is 0 Å². The number of aromatic carboxylic acids is 1. The van der Waals surface area contributed by atoms with E-state index in [-0.39, 0.29) is 28.9 Å². The van der Waals surface area contributed by atoms with Gasteiger partial charge >= 0.3 is 5.97 Å². The molecule has 2 saturated carbocycles. The van der Waals surface area contributed by atoms with Crippen LogP contribution in [0.5, 0.6) is 11.5 Å². The van der Waals surface area contributed by atoms with Crippen molar-refractivity contribution in [3.8, 4) is 11.5 Å². The van der Waals surface area contributed by atoms with Crippen LogP contribution in [0.2, 0.25) is 0 Å². The number of carboxylic acids is 1. The van der Waals surface area contributed by atoms with Crippen LogP contribution in [-0.2, 0) is 23.2 Å². The summed E-state index contributed by atoms with van der Waals surface area (Å²) in [5.74, 6) is 0.840. The Morgan fingerprint density at radius 2 is 1.94 bits per heavy atom. The van der Waals surface area contributed by atoms with Gasteiger partial charge in [-0.15, -0.1) is 0 Å². The summed E-state index contributed by atoms with van der Waals surface area (Å²) in [6.45, 7) is 2.64. The molecule has 1 unspecified atom stereocenters. The average Bonchev–Trinajstić information content (AvgIpc) is 3.59. The second kappa shape index (κ2) is 7.22. The first-order chi connectivity index (χ1) is 16.5. The minimum Gasteiger partial charge on any atom is -0.504 e. The molecule has 3 aliphatic carbocycles. The molecule has 6 heteroatoms. The molecular weight excluding hydrogens is 430 g/mol. The molecule has 0 radical (unpaired) electrons. The number of aromatic hydroxyl groups is 1. The van der Waals surface area contributed by atoms with Gasteiger partial charge in [-0.1, -0.05) is 18.2 Å². The Labute approximate surface area is 199 Å². The molecule has 1 spiro atoms. The molecular formula is C28H31NO5. The number of phenolic OH excluding ortho intramolecular Hbond substituents is 1. The van der Waals surface area contributed by atoms with Gasteiger partial charge in [-0.2, -0.15) is 0 Å². The van der Waals surface area contributed by atoms with E-state index in [9.17, 15) is 15.0 Å². The van der Waals surface area contributed by atoms with Gasteiger partial charge < -0.3 is 19.7 Å². The monoisotopic (exact) mass is 461 g/mol. The summed E-state index contributed by atoms with van der Waals surface area (Å²) in [4.78, 5) is 14.0. The fourth-order valence-electron chi connectivity index (χ4n) is 7.70. The van der Waals surface area contributed by atoms with Crippen LogP contribution < -0.4 is 4.74 Å². The van der Waals surface area contributed by atoms with Crippen LogP contribution >= 0.6 is 0 Å². The molecule has 0 aromatic heterocycles. The quantitative estimate of drug-likeness (QED) is 0.669. The van der Waals surface area contributed by atoms with Crippen LogP contribution in [0.3, 0.4) is 0 Å². The molecule has 1 saturated heterocycles. The van der Waals surface area contributed by atoms with Crippen LogP contribution in [0.15, 0.2) is 36.4 Å². The maximum absolute atomic E-state index is 11.3. The van der Waals surface area contributed by atoms with Crippen LogP contribution in [0.1, 0.15) is 65.6 Å². The summed E-state index contributed by atoms with van der Waals surface area (Å²) in [6.07, 6.45) is 7.62. The lowest BCUT2D eigenvalue weighted by atomic mass is 9.49. The van der Waals surface area contributed by atoms with E-state index in [2.05, 4.69) is 11.0 Å². The standard InChI is InChI=1S/C28H31NO5/c30-21-10-9-20-14-22-28(33-16-18-5-7-19(8-6-18)26(31)32)11-1-2-23-27(28,24(20)25(21)34-23)12-13-29(22)15-17-3-4-17/h5-10,17,22-23,30H,1-4,11-16H2,(H,31,32)/t22-,23?,27-,28-/m1/s1. The van der Waals surface area contributed by atoms with E-state index in [1.165, 1.54) is 24.0 Å². The molecule has 178 valence electrons. The van der Waals surface area contributed by atoms with Gasteiger partial charge in [-0.05, 0) is 86.7 Å². The van der Waals surface area contributed by atoms with Crippen molar-refractivity contribution in [2.75, 3.05) is 13.1 Å². The molecule has 6 nitrogen and oxygen atoms in total. The Hall–Kier alpha value is -2.57. The van der Waals surface area contributed by atoms with E-state index < -0.39 is 5.97 Å². The summed E-state index contributed by atoms with van der Waals surface area (Å²) < 4.78 is 13.6. The van der Waals surface area contributed by atoms with Gasteiger partial charge in [0.25, 0.3) is 0 Å². The molecule has 5 aliphatic rings. The smallest absolute Gasteiger partial charge is 0.335 e. The first kappa shape index (κ1) is 20.8. The Morgan fingerprint density at radius 1 is 1.12 bits per heavy atom. The number of carboxylic acid groups (broad SMARTS) is 1. The summed E-state index contributed by atoms with van der Waals surface area (Å²) >= 11 is 0. The maximum Gasteiger partial charge on any atom is 0.335 e. The van der Waals surface area contributed by atoms with Gasteiger partial charge in [-0.25, -0.2) is 4.79 Å². The van der Waals surface area contributed by atoms with Gasteiger partial charge in [0.05, 0.1) is 23.2 Å². The molecule has 0 amide bonds. The van der Waals surface area contributed by atoms with Crippen molar-refractivity contribution in [3.63, 3.8) is 0 Å². The topological polar surface area (TPSA) is 79.2 Å². The number of likely N-dealkylation sites (tertiary alicyclic amines) is 1. The number of phenols is 1. The van der Waals surface area contributed by atoms with E-state index in [4.69, 9.17) is 9.47 Å². The second-order valence-corrected chi connectivity index (χ2v) is 11.0. The summed E-state index contributed by atoms with van der Waals surface area (Å²) in [5, 5.41) is 20.0. The highest BCUT2D eigenvalue weighted by Gasteiger charge is 2.72. The van der Waals surface area contributed by atoms with Gasteiger partial charge in [-0.3, -0.25) is 4.90 Å². The third-order valence-electron chi connectivity index (χ3n) is 9.32. The summed E-state index contributed by atoms with van der Waals surface area (Å²) in [5.41, 5.74) is 3.19. The van der Waals surface area contributed by atoms with E-state index in [0.717, 1.165) is 56.7 Å². The SMILES string of the molecule is O=C(O)c1ccc(CO[C@@]23CCCC4Oc5c(O)ccc6c5[C@@]42CCN(CC2CC2)[C@@H]3C6)cc1. The molecule has 2 bridgehead atoms. The molecule has 3 fully saturated rings. The molecule has 2 aromatic carbocycles. The highest BCUT2D eigenvalue weighted by molar-refractivity contribution is 5.87. The lowest BCUT2D eigenvalue weighted by Crippen LogP contribution is -2.76. The largest absolute Gasteiger partial charge is 0.504 e. The van der Waals surface area contributed by atoms with E-state index >= 15 is 0 Å². The molecule has 2 aromatic rings. The Balaban J connectivity index is 1.32. The molecule has 2 N–H and O–H groups in total. The van der Waals surface area contributed by atoms with Crippen molar-refractivity contribution in [2.45, 2.75) is 74.7 Å². The maximum atomic E-state index is 11.3. The first-order valence-corrected chi connectivity index (χ1v) is 12.7. The molecule has 2 heterocycles. The first-order valence-electron chi connectivity index (χ1n) is 12.7. The fraction of sp³-hybridized carbons (Fsp3) is 0.536. The van der Waals surface area contributed by atoms with Crippen molar-refractivity contribution in [1.82, 2.24) is 4.90 Å². The number of nitrogens with zero attached hydrogens (tertiary/aromatic N) is 1. The van der Waals surface area contributed by atoms with Gasteiger partial charge in [0.2, 0.25) is 0 Å². The number of ether oxygens (including phenoxy) is 2. The highest BCUT2D eigenvalue weighted by Crippen LogP contribution is 2.66. The number of rotatable bonds is 6. The van der Waals surface area contributed by atoms with Crippen LogP contribution in [0.4, 0.5) is 0 Å². The summed E-state index contributed by atoms with van der Waals surface area (Å²) in [6, 6.07) is 11.3. The second-order valence-electron chi connectivity index (χ2n) is 11.0. The number of hydrogen-bond acceptors (Lipinski definition) is 5. The van der Waals surface area contributed by atoms with Crippen molar-refractivity contribution < 1.29 is 24.5 Å². The van der Waals surface area contributed by atoms with Crippen LogP contribution in [-0.4, -0.2) is 51.9 Å². The zero-order chi connectivity index (χ0) is 23.1. The third kappa shape index (κ3) is 2.73. The van der Waals surface area contributed by atoms with Crippen molar-refractivity contribution in [3.05, 3.63) is 58.7 Å². The van der Waals surface area contributed by atoms with Crippen molar-refractivity contribution >= 4 is 5.97 Å². The van der Waals surface area contributed by atoms with Crippen LogP contribution in [0, 0.1) is 5.92 Å². The lowest BCUT2D eigenvalue weighted by molar-refractivity contribution is -0.221. The molecule has 2 aliphatic heterocycles. The Bertz CT molecular complexity index is 1160. The third-order valence-corrected chi connectivity index (χ3v) is 9.32. The van der Waals surface area contributed by atoms with E-state index in [1.54, 1.807) is 18.2 Å². The normalized spacial score (nSPS) is 33.3. The molecule has 34 heavy (non-hydrogen) atoms. The predicted molar refractivity (Wildman–Crippen MR) is 125 cm³/mol. The average molecular weight is 462 g/mol. The summed E-state index contributed by atoms with van der Waals surface area (Å²) in [7, 11) is 0. The highest BCUT2D eigenvalue weighted by atomic mass is 16.5. The Kier molecular flexibility index (Phi) is 4.41. The van der Waals surface area contributed by atoms with Gasteiger partial charge in [0, 0.05) is 18.2 Å². The number of hydrogen-bond donors (Lipinski definition) is 2. The van der Waals surface area contributed by atoms with Gasteiger partial charge in [0.15, 0.2) is 11.5 Å². The van der Waals surface area contributed by atoms with Gasteiger partial charge in [0.1, 0.15) is 6.10 Å². The number of piperidine rings is 1. The molecule has 4 atom stereocenters. The lowest BCUT2D eigenvalue weighted by Gasteiger charge is -2.65.